The summed E-state index contributed by atoms with van der Waals surface area (Å²) in [5.41, 5.74) is 0.0279. The molecule has 0 fully saturated rings. The van der Waals surface area contributed by atoms with Crippen LogP contribution in [0.1, 0.15) is 10.5 Å². The maximum atomic E-state index is 13.3. The average Bonchev–Trinajstić information content (AvgIpc) is 3.07. The number of nitro benzene ring substituents is 1. The van der Waals surface area contributed by atoms with Crippen molar-refractivity contribution in [3.8, 4) is 10.7 Å². The molecule has 0 spiro atoms. The van der Waals surface area contributed by atoms with Gasteiger partial charge in [0.15, 0.2) is 0 Å². The van der Waals surface area contributed by atoms with E-state index in [4.69, 9.17) is 0 Å². The minimum Gasteiger partial charge on any atom is -0.320 e. The van der Waals surface area contributed by atoms with E-state index in [2.05, 4.69) is 20.3 Å². The van der Waals surface area contributed by atoms with E-state index in [0.717, 1.165) is 12.1 Å². The van der Waals surface area contributed by atoms with Crippen molar-refractivity contribution in [1.29, 1.82) is 0 Å². The second kappa shape index (κ2) is 6.46. The van der Waals surface area contributed by atoms with Crippen LogP contribution in [0.15, 0.2) is 42.2 Å². The number of nitrogens with one attached hydrogen (secondary N) is 1. The fraction of sp³-hybridized carbons (Fsp3) is 0. The second-order valence-electron chi connectivity index (χ2n) is 4.51. The van der Waals surface area contributed by atoms with Crippen LogP contribution in [0.4, 0.5) is 15.8 Å². The molecule has 0 atom stereocenters. The monoisotopic (exact) mass is 345 g/mol. The Morgan fingerprint density at radius 3 is 2.88 bits per heavy atom. The summed E-state index contributed by atoms with van der Waals surface area (Å²) >= 11 is 1.21. The van der Waals surface area contributed by atoms with Gasteiger partial charge in [-0.05, 0) is 12.1 Å². The molecular formula is C14H8FN5O3S. The SMILES string of the molecule is O=C(Nc1ccc(F)c([N+](=O)[O-])c1)c1csc(-c2cnccn2)n1. The van der Waals surface area contributed by atoms with Crippen molar-refractivity contribution in [2.45, 2.75) is 0 Å². The van der Waals surface area contributed by atoms with Crippen LogP contribution < -0.4 is 5.32 Å². The number of amides is 1. The summed E-state index contributed by atoms with van der Waals surface area (Å²) in [7, 11) is 0. The zero-order valence-electron chi connectivity index (χ0n) is 11.8. The maximum Gasteiger partial charge on any atom is 0.306 e. The van der Waals surface area contributed by atoms with Gasteiger partial charge in [0.25, 0.3) is 5.91 Å². The van der Waals surface area contributed by atoms with E-state index < -0.39 is 22.3 Å². The van der Waals surface area contributed by atoms with Crippen LogP contribution in [0.25, 0.3) is 10.7 Å². The van der Waals surface area contributed by atoms with E-state index in [0.29, 0.717) is 10.7 Å². The number of anilines is 1. The van der Waals surface area contributed by atoms with E-state index in [1.54, 1.807) is 0 Å². The summed E-state index contributed by atoms with van der Waals surface area (Å²) in [6.07, 6.45) is 4.55. The highest BCUT2D eigenvalue weighted by Crippen LogP contribution is 2.24. The number of nitro groups is 1. The molecule has 1 aromatic carbocycles. The van der Waals surface area contributed by atoms with Crippen LogP contribution in [-0.4, -0.2) is 25.8 Å². The Morgan fingerprint density at radius 1 is 1.33 bits per heavy atom. The molecule has 1 amide bonds. The number of nitrogens with zero attached hydrogens (tertiary/aromatic N) is 4. The van der Waals surface area contributed by atoms with Gasteiger partial charge in [0.2, 0.25) is 5.82 Å². The average molecular weight is 345 g/mol. The number of carbonyl (C=O) groups is 1. The van der Waals surface area contributed by atoms with Crippen molar-refractivity contribution in [1.82, 2.24) is 15.0 Å². The lowest BCUT2D eigenvalue weighted by molar-refractivity contribution is -0.387. The lowest BCUT2D eigenvalue weighted by Crippen LogP contribution is -2.12. The number of aromatic nitrogens is 3. The number of rotatable bonds is 4. The summed E-state index contributed by atoms with van der Waals surface area (Å²) in [5.74, 6) is -1.54. The molecule has 3 rings (SSSR count). The van der Waals surface area contributed by atoms with Crippen LogP contribution in [0.3, 0.4) is 0 Å². The van der Waals surface area contributed by atoms with Gasteiger partial charge in [0.05, 0.1) is 11.1 Å². The third-order valence-electron chi connectivity index (χ3n) is 2.92. The largest absolute Gasteiger partial charge is 0.320 e. The molecule has 24 heavy (non-hydrogen) atoms. The molecule has 0 bridgehead atoms. The van der Waals surface area contributed by atoms with Gasteiger partial charge >= 0.3 is 5.69 Å². The van der Waals surface area contributed by atoms with E-state index >= 15 is 0 Å². The molecule has 3 aromatic rings. The van der Waals surface area contributed by atoms with E-state index in [-0.39, 0.29) is 11.4 Å². The molecule has 120 valence electrons. The van der Waals surface area contributed by atoms with Crippen molar-refractivity contribution in [3.63, 3.8) is 0 Å². The van der Waals surface area contributed by atoms with Gasteiger partial charge in [-0.2, -0.15) is 4.39 Å². The number of hydrogen-bond donors (Lipinski definition) is 1. The number of thiazole rings is 1. The van der Waals surface area contributed by atoms with Crippen LogP contribution in [0.2, 0.25) is 0 Å². The van der Waals surface area contributed by atoms with Crippen LogP contribution >= 0.6 is 11.3 Å². The second-order valence-corrected chi connectivity index (χ2v) is 5.36. The van der Waals surface area contributed by atoms with Crippen LogP contribution in [-0.2, 0) is 0 Å². The highest BCUT2D eigenvalue weighted by Gasteiger charge is 2.17. The molecule has 10 heteroatoms. The Labute approximate surface area is 138 Å². The van der Waals surface area contributed by atoms with Crippen molar-refractivity contribution in [2.75, 3.05) is 5.32 Å². The summed E-state index contributed by atoms with van der Waals surface area (Å²) in [5, 5.41) is 15.2. The Kier molecular flexibility index (Phi) is 4.20. The van der Waals surface area contributed by atoms with Gasteiger partial charge < -0.3 is 5.32 Å². The van der Waals surface area contributed by atoms with Crippen molar-refractivity contribution >= 4 is 28.6 Å². The first-order valence-electron chi connectivity index (χ1n) is 6.52. The molecular weight excluding hydrogens is 337 g/mol. The van der Waals surface area contributed by atoms with Gasteiger partial charge in [0.1, 0.15) is 16.4 Å². The summed E-state index contributed by atoms with van der Waals surface area (Å²) < 4.78 is 13.3. The topological polar surface area (TPSA) is 111 Å². The molecule has 0 aliphatic carbocycles. The summed E-state index contributed by atoms with van der Waals surface area (Å²) in [4.78, 5) is 34.2. The minimum atomic E-state index is -0.975. The van der Waals surface area contributed by atoms with Crippen molar-refractivity contribution < 1.29 is 14.1 Å². The number of carbonyl (C=O) groups excluding carboxylic acids is 1. The van der Waals surface area contributed by atoms with Crippen LogP contribution in [0, 0.1) is 15.9 Å². The molecule has 0 saturated carbocycles. The first kappa shape index (κ1) is 15.6. The highest BCUT2D eigenvalue weighted by molar-refractivity contribution is 7.13. The predicted molar refractivity (Wildman–Crippen MR) is 84.1 cm³/mol. The maximum absolute atomic E-state index is 13.3. The minimum absolute atomic E-state index is 0.0992. The van der Waals surface area contributed by atoms with Gasteiger partial charge in [-0.3, -0.25) is 24.9 Å². The quantitative estimate of drug-likeness (QED) is 0.575. The first-order chi connectivity index (χ1) is 11.5. The molecule has 2 aromatic heterocycles. The highest BCUT2D eigenvalue weighted by atomic mass is 32.1. The molecule has 0 aliphatic rings. The number of hydrogen-bond acceptors (Lipinski definition) is 7. The molecule has 0 saturated heterocycles. The zero-order chi connectivity index (χ0) is 17.1. The fourth-order valence-corrected chi connectivity index (χ4v) is 2.59. The number of benzene rings is 1. The molecule has 0 aliphatic heterocycles. The van der Waals surface area contributed by atoms with Gasteiger partial charge in [-0.1, -0.05) is 0 Å². The van der Waals surface area contributed by atoms with Gasteiger partial charge in [0, 0.05) is 29.5 Å². The van der Waals surface area contributed by atoms with Crippen molar-refractivity contribution in [3.05, 3.63) is 63.8 Å². The smallest absolute Gasteiger partial charge is 0.306 e. The lowest BCUT2D eigenvalue weighted by Gasteiger charge is -2.03. The van der Waals surface area contributed by atoms with E-state index in [9.17, 15) is 19.3 Å². The Balaban J connectivity index is 1.80. The Bertz CT molecular complexity index is 916. The standard InChI is InChI=1S/C14H8FN5O3S/c15-9-2-1-8(5-12(9)20(22)23)18-13(21)11-7-24-14(19-11)10-6-16-3-4-17-10/h1-7H,(H,18,21). The third kappa shape index (κ3) is 3.22. The molecule has 0 radical (unpaired) electrons. The first-order valence-corrected chi connectivity index (χ1v) is 7.40. The van der Waals surface area contributed by atoms with Crippen molar-refractivity contribution in [2.24, 2.45) is 0 Å². The molecule has 8 nitrogen and oxygen atoms in total. The fourth-order valence-electron chi connectivity index (χ4n) is 1.83. The van der Waals surface area contributed by atoms with Gasteiger partial charge in [-0.25, -0.2) is 4.98 Å². The van der Waals surface area contributed by atoms with Crippen LogP contribution in [0.5, 0.6) is 0 Å². The predicted octanol–water partition coefficient (Wildman–Crippen LogP) is 2.90. The molecule has 2 heterocycles. The third-order valence-corrected chi connectivity index (χ3v) is 3.78. The lowest BCUT2D eigenvalue weighted by atomic mass is 10.2. The van der Waals surface area contributed by atoms with Gasteiger partial charge in [-0.15, -0.1) is 11.3 Å². The normalized spacial score (nSPS) is 10.4. The van der Waals surface area contributed by atoms with E-state index in [1.807, 2.05) is 0 Å². The summed E-state index contributed by atoms with van der Waals surface area (Å²) in [6, 6.07) is 3.10. The Morgan fingerprint density at radius 2 is 2.17 bits per heavy atom. The number of halogens is 1. The zero-order valence-corrected chi connectivity index (χ0v) is 12.7. The molecule has 1 N–H and O–H groups in total. The van der Waals surface area contributed by atoms with E-state index in [1.165, 1.54) is 41.4 Å². The summed E-state index contributed by atoms with van der Waals surface area (Å²) in [6.45, 7) is 0. The Hall–Kier alpha value is -3.27. The molecule has 0 unspecified atom stereocenters.